The Balaban J connectivity index is 2.57. The summed E-state index contributed by atoms with van der Waals surface area (Å²) in [5, 5.41) is 7.26. The Morgan fingerprint density at radius 1 is 1.67 bits per heavy atom. The molecular formula is C6H12N2S. The van der Waals surface area contributed by atoms with Crippen molar-refractivity contribution in [1.82, 2.24) is 0 Å². The average molecular weight is 144 g/mol. The zero-order valence-electron chi connectivity index (χ0n) is 5.61. The van der Waals surface area contributed by atoms with Gasteiger partial charge in [0.05, 0.1) is 4.75 Å². The van der Waals surface area contributed by atoms with Crippen LogP contribution in [-0.4, -0.2) is 16.8 Å². The third kappa shape index (κ3) is 0.936. The molecule has 0 unspecified atom stereocenters. The first-order valence-electron chi connectivity index (χ1n) is 3.11. The van der Waals surface area contributed by atoms with Crippen LogP contribution in [0.2, 0.25) is 0 Å². The van der Waals surface area contributed by atoms with Crippen LogP contribution in [0, 0.1) is 5.41 Å². The van der Waals surface area contributed by atoms with Crippen molar-refractivity contribution in [1.29, 1.82) is 5.41 Å². The van der Waals surface area contributed by atoms with Gasteiger partial charge in [0.1, 0.15) is 5.84 Å². The zero-order chi connectivity index (χ0) is 6.91. The molecule has 0 saturated heterocycles. The molecule has 0 aromatic rings. The van der Waals surface area contributed by atoms with Crippen LogP contribution in [0.1, 0.15) is 19.3 Å². The molecule has 0 aromatic carbocycles. The molecule has 0 spiro atoms. The van der Waals surface area contributed by atoms with Crippen molar-refractivity contribution in [2.75, 3.05) is 6.26 Å². The van der Waals surface area contributed by atoms with Crippen LogP contribution in [-0.2, 0) is 0 Å². The largest absolute Gasteiger partial charge is 0.386 e. The van der Waals surface area contributed by atoms with Gasteiger partial charge in [-0.15, -0.1) is 0 Å². The molecule has 1 aliphatic carbocycles. The summed E-state index contributed by atoms with van der Waals surface area (Å²) in [7, 11) is 0. The van der Waals surface area contributed by atoms with Gasteiger partial charge in [0, 0.05) is 0 Å². The number of hydrogen-bond acceptors (Lipinski definition) is 2. The van der Waals surface area contributed by atoms with E-state index in [9.17, 15) is 0 Å². The topological polar surface area (TPSA) is 49.9 Å². The first-order valence-corrected chi connectivity index (χ1v) is 4.33. The third-order valence-corrected chi connectivity index (χ3v) is 3.45. The quantitative estimate of drug-likeness (QED) is 0.452. The lowest BCUT2D eigenvalue weighted by Crippen LogP contribution is -2.45. The molecule has 0 bridgehead atoms. The van der Waals surface area contributed by atoms with Gasteiger partial charge < -0.3 is 5.73 Å². The van der Waals surface area contributed by atoms with E-state index >= 15 is 0 Å². The molecule has 1 rings (SSSR count). The molecule has 0 heterocycles. The van der Waals surface area contributed by atoms with Crippen LogP contribution in [0.15, 0.2) is 0 Å². The minimum Gasteiger partial charge on any atom is -0.386 e. The van der Waals surface area contributed by atoms with Crippen molar-refractivity contribution in [3.05, 3.63) is 0 Å². The number of rotatable bonds is 2. The molecule has 1 aliphatic rings. The van der Waals surface area contributed by atoms with Gasteiger partial charge in [-0.25, -0.2) is 0 Å². The number of amidine groups is 1. The number of nitrogens with two attached hydrogens (primary N) is 1. The summed E-state index contributed by atoms with van der Waals surface area (Å²) in [5.41, 5.74) is 5.41. The van der Waals surface area contributed by atoms with E-state index in [1.165, 1.54) is 6.42 Å². The maximum Gasteiger partial charge on any atom is 0.107 e. The minimum absolute atomic E-state index is 0.0417. The summed E-state index contributed by atoms with van der Waals surface area (Å²) in [6.45, 7) is 0. The molecule has 3 heteroatoms. The van der Waals surface area contributed by atoms with Crippen molar-refractivity contribution in [2.45, 2.75) is 24.0 Å². The van der Waals surface area contributed by atoms with Gasteiger partial charge in [0.2, 0.25) is 0 Å². The highest BCUT2D eigenvalue weighted by atomic mass is 32.2. The van der Waals surface area contributed by atoms with Crippen molar-refractivity contribution < 1.29 is 0 Å². The van der Waals surface area contributed by atoms with E-state index in [0.29, 0.717) is 5.84 Å². The molecule has 0 radical (unpaired) electrons. The molecular weight excluding hydrogens is 132 g/mol. The predicted octanol–water partition coefficient (Wildman–Crippen LogP) is 1.21. The highest BCUT2D eigenvalue weighted by Crippen LogP contribution is 2.42. The predicted molar refractivity (Wildman–Crippen MR) is 42.0 cm³/mol. The van der Waals surface area contributed by atoms with Crippen molar-refractivity contribution >= 4 is 17.6 Å². The summed E-state index contributed by atoms with van der Waals surface area (Å²) in [6.07, 6.45) is 5.47. The van der Waals surface area contributed by atoms with Crippen LogP contribution in [0.3, 0.4) is 0 Å². The highest BCUT2D eigenvalue weighted by molar-refractivity contribution is 8.00. The Morgan fingerprint density at radius 2 is 2.22 bits per heavy atom. The van der Waals surface area contributed by atoms with Crippen molar-refractivity contribution in [3.8, 4) is 0 Å². The van der Waals surface area contributed by atoms with Crippen LogP contribution in [0.5, 0.6) is 0 Å². The second kappa shape index (κ2) is 2.21. The van der Waals surface area contributed by atoms with E-state index in [1.54, 1.807) is 11.8 Å². The van der Waals surface area contributed by atoms with E-state index in [0.717, 1.165) is 12.8 Å². The Hall–Kier alpha value is -0.180. The first kappa shape index (κ1) is 6.93. The SMILES string of the molecule is CSC1(C(=N)N)CCC1. The van der Waals surface area contributed by atoms with Crippen LogP contribution in [0.25, 0.3) is 0 Å². The first-order chi connectivity index (χ1) is 4.21. The van der Waals surface area contributed by atoms with Crippen LogP contribution >= 0.6 is 11.8 Å². The average Bonchev–Trinajstić information content (AvgIpc) is 1.62. The molecule has 0 aromatic heterocycles. The lowest BCUT2D eigenvalue weighted by atomic mass is 9.83. The van der Waals surface area contributed by atoms with E-state index < -0.39 is 0 Å². The Morgan fingerprint density at radius 3 is 2.22 bits per heavy atom. The maximum atomic E-state index is 7.26. The number of nitrogens with one attached hydrogen (secondary N) is 1. The summed E-state index contributed by atoms with van der Waals surface area (Å²) in [4.78, 5) is 0. The second-order valence-electron chi connectivity index (χ2n) is 2.47. The minimum atomic E-state index is 0.0417. The molecule has 0 aliphatic heterocycles. The van der Waals surface area contributed by atoms with E-state index in [2.05, 4.69) is 0 Å². The third-order valence-electron chi connectivity index (χ3n) is 2.04. The van der Waals surface area contributed by atoms with Crippen molar-refractivity contribution in [2.24, 2.45) is 5.73 Å². The molecule has 52 valence electrons. The fraction of sp³-hybridized carbons (Fsp3) is 0.833. The summed E-state index contributed by atoms with van der Waals surface area (Å²) in [6, 6.07) is 0. The second-order valence-corrected chi connectivity index (χ2v) is 3.66. The molecule has 0 atom stereocenters. The molecule has 1 fully saturated rings. The zero-order valence-corrected chi connectivity index (χ0v) is 6.42. The summed E-state index contributed by atoms with van der Waals surface area (Å²) in [5.74, 6) is 0.362. The van der Waals surface area contributed by atoms with E-state index in [4.69, 9.17) is 11.1 Å². The normalized spacial score (nSPS) is 22.8. The van der Waals surface area contributed by atoms with E-state index in [1.807, 2.05) is 6.26 Å². The van der Waals surface area contributed by atoms with Gasteiger partial charge in [-0.05, 0) is 25.5 Å². The number of thioether (sulfide) groups is 1. The Kier molecular flexibility index (Phi) is 1.70. The maximum absolute atomic E-state index is 7.26. The molecule has 9 heavy (non-hydrogen) atoms. The van der Waals surface area contributed by atoms with E-state index in [-0.39, 0.29) is 4.75 Å². The van der Waals surface area contributed by atoms with Gasteiger partial charge in [-0.1, -0.05) is 0 Å². The van der Waals surface area contributed by atoms with Gasteiger partial charge in [-0.3, -0.25) is 5.41 Å². The van der Waals surface area contributed by atoms with Crippen LogP contribution < -0.4 is 5.73 Å². The van der Waals surface area contributed by atoms with Gasteiger partial charge in [0.15, 0.2) is 0 Å². The van der Waals surface area contributed by atoms with Crippen LogP contribution in [0.4, 0.5) is 0 Å². The lowest BCUT2D eigenvalue weighted by Gasteiger charge is -2.38. The smallest absolute Gasteiger partial charge is 0.107 e. The summed E-state index contributed by atoms with van der Waals surface area (Å²) < 4.78 is 0.0417. The monoisotopic (exact) mass is 144 g/mol. The van der Waals surface area contributed by atoms with Crippen molar-refractivity contribution in [3.63, 3.8) is 0 Å². The fourth-order valence-electron chi connectivity index (χ4n) is 1.08. The molecule has 3 N–H and O–H groups in total. The van der Waals surface area contributed by atoms with Gasteiger partial charge >= 0.3 is 0 Å². The standard InChI is InChI=1S/C6H12N2S/c1-9-6(5(7)8)3-2-4-6/h2-4H2,1H3,(H3,7,8). The fourth-order valence-corrected chi connectivity index (χ4v) is 2.00. The molecule has 2 nitrogen and oxygen atoms in total. The lowest BCUT2D eigenvalue weighted by molar-refractivity contribution is 0.452. The highest BCUT2D eigenvalue weighted by Gasteiger charge is 2.39. The Bertz CT molecular complexity index is 124. The summed E-state index contributed by atoms with van der Waals surface area (Å²) >= 11 is 1.72. The molecule has 0 amide bonds. The van der Waals surface area contributed by atoms with Gasteiger partial charge in [-0.2, -0.15) is 11.8 Å². The van der Waals surface area contributed by atoms with Gasteiger partial charge in [0.25, 0.3) is 0 Å². The molecule has 1 saturated carbocycles. The Labute approximate surface area is 59.7 Å². The number of hydrogen-bond donors (Lipinski definition) is 2.